The van der Waals surface area contributed by atoms with Crippen molar-refractivity contribution in [3.63, 3.8) is 0 Å². The van der Waals surface area contributed by atoms with Gasteiger partial charge in [-0.1, -0.05) is 0 Å². The van der Waals surface area contributed by atoms with Gasteiger partial charge < -0.3 is 42.1 Å². The van der Waals surface area contributed by atoms with E-state index in [1.165, 1.54) is 11.8 Å². The molecule has 4 atom stereocenters. The third-order valence-corrected chi connectivity index (χ3v) is 4.70. The van der Waals surface area contributed by atoms with E-state index in [2.05, 4.69) is 10.6 Å². The van der Waals surface area contributed by atoms with Crippen LogP contribution in [-0.4, -0.2) is 98.8 Å². The fourth-order valence-corrected chi connectivity index (χ4v) is 2.79. The van der Waals surface area contributed by atoms with Gasteiger partial charge in [-0.15, -0.1) is 0 Å². The van der Waals surface area contributed by atoms with Gasteiger partial charge in [0.1, 0.15) is 18.1 Å². The van der Waals surface area contributed by atoms with E-state index in [0.717, 1.165) is 0 Å². The molecule has 0 saturated heterocycles. The van der Waals surface area contributed by atoms with Crippen molar-refractivity contribution in [3.8, 4) is 0 Å². The lowest BCUT2D eigenvalue weighted by molar-refractivity contribution is -0.147. The number of carbonyl (C=O) groups excluding carboxylic acids is 3. The minimum absolute atomic E-state index is 0.294. The second-order valence-corrected chi connectivity index (χ2v) is 7.61. The molecule has 0 aliphatic carbocycles. The summed E-state index contributed by atoms with van der Waals surface area (Å²) in [7, 11) is 0. The highest BCUT2D eigenvalue weighted by atomic mass is 32.2. The van der Waals surface area contributed by atoms with E-state index in [0.29, 0.717) is 12.2 Å². The maximum atomic E-state index is 12.5. The molecule has 0 aromatic rings. The SMILES string of the molecule is CSCCC(N)C(=O)NC(CCC(=O)O)C(=O)NC(CO)C(=O)NC(CC(=O)O)C(=O)O. The highest BCUT2D eigenvalue weighted by Crippen LogP contribution is 2.03. The van der Waals surface area contributed by atoms with Gasteiger partial charge in [-0.25, -0.2) is 4.79 Å². The number of aliphatic carboxylic acids is 3. The van der Waals surface area contributed by atoms with Crippen molar-refractivity contribution >= 4 is 47.4 Å². The second kappa shape index (κ2) is 15.0. The van der Waals surface area contributed by atoms with Crippen LogP contribution in [0, 0.1) is 0 Å². The molecule has 4 unspecified atom stereocenters. The molecular weight excluding hydrogens is 452 g/mol. The molecule has 0 aromatic heterocycles. The van der Waals surface area contributed by atoms with Crippen LogP contribution >= 0.6 is 11.8 Å². The molecule has 0 aliphatic heterocycles. The van der Waals surface area contributed by atoms with Crippen LogP contribution in [0.15, 0.2) is 0 Å². The number of amides is 3. The molecular formula is C17H28N4O10S. The summed E-state index contributed by atoms with van der Waals surface area (Å²) in [6.45, 7) is -0.982. The lowest BCUT2D eigenvalue weighted by Crippen LogP contribution is -2.58. The van der Waals surface area contributed by atoms with Crippen molar-refractivity contribution in [2.75, 3.05) is 18.6 Å². The molecule has 9 N–H and O–H groups in total. The zero-order valence-corrected chi connectivity index (χ0v) is 18.1. The second-order valence-electron chi connectivity index (χ2n) is 6.62. The maximum absolute atomic E-state index is 12.5. The number of carbonyl (C=O) groups is 6. The summed E-state index contributed by atoms with van der Waals surface area (Å²) >= 11 is 1.44. The standard InChI is InChI=1S/C17H28N4O10S/c1-32-5-4-8(18)14(27)19-9(2-3-12(23)24)15(28)21-11(7-22)16(29)20-10(17(30)31)6-13(25)26/h8-11,22H,2-7,18H2,1H3,(H,19,27)(H,20,29)(H,21,28)(H,23,24)(H,25,26)(H,30,31). The van der Waals surface area contributed by atoms with Gasteiger partial charge in [0.05, 0.1) is 19.1 Å². The van der Waals surface area contributed by atoms with Crippen LogP contribution in [0.2, 0.25) is 0 Å². The molecule has 0 bridgehead atoms. The predicted octanol–water partition coefficient (Wildman–Crippen LogP) is -3.06. The molecule has 0 aromatic carbocycles. The fraction of sp³-hybridized carbons (Fsp3) is 0.647. The van der Waals surface area contributed by atoms with E-state index in [-0.39, 0.29) is 6.42 Å². The Labute approximate surface area is 187 Å². The van der Waals surface area contributed by atoms with Gasteiger partial charge in [-0.2, -0.15) is 11.8 Å². The molecule has 0 saturated carbocycles. The van der Waals surface area contributed by atoms with Gasteiger partial charge >= 0.3 is 17.9 Å². The van der Waals surface area contributed by atoms with Crippen molar-refractivity contribution in [3.05, 3.63) is 0 Å². The number of aliphatic hydroxyl groups is 1. The Hall–Kier alpha value is -2.91. The Kier molecular flexibility index (Phi) is 13.6. The first-order valence-corrected chi connectivity index (χ1v) is 10.7. The number of hydrogen-bond donors (Lipinski definition) is 8. The smallest absolute Gasteiger partial charge is 0.326 e. The molecule has 0 fully saturated rings. The Morgan fingerprint density at radius 2 is 1.34 bits per heavy atom. The van der Waals surface area contributed by atoms with E-state index in [9.17, 15) is 33.9 Å². The van der Waals surface area contributed by atoms with Crippen molar-refractivity contribution in [2.45, 2.75) is 49.9 Å². The predicted molar refractivity (Wildman–Crippen MR) is 111 cm³/mol. The van der Waals surface area contributed by atoms with E-state index in [1.807, 2.05) is 5.32 Å². The van der Waals surface area contributed by atoms with Crippen molar-refractivity contribution < 1.29 is 49.2 Å². The third kappa shape index (κ3) is 11.5. The van der Waals surface area contributed by atoms with Gasteiger partial charge in [0.15, 0.2) is 0 Å². The van der Waals surface area contributed by atoms with Crippen molar-refractivity contribution in [1.29, 1.82) is 0 Å². The first-order valence-electron chi connectivity index (χ1n) is 9.35. The summed E-state index contributed by atoms with van der Waals surface area (Å²) < 4.78 is 0. The maximum Gasteiger partial charge on any atom is 0.326 e. The normalized spacial score (nSPS) is 14.3. The molecule has 0 spiro atoms. The Morgan fingerprint density at radius 1 is 0.812 bits per heavy atom. The van der Waals surface area contributed by atoms with E-state index >= 15 is 0 Å². The highest BCUT2D eigenvalue weighted by molar-refractivity contribution is 7.98. The molecule has 3 amide bonds. The Balaban J connectivity index is 5.27. The molecule has 14 nitrogen and oxygen atoms in total. The van der Waals surface area contributed by atoms with Crippen LogP contribution in [0.3, 0.4) is 0 Å². The lowest BCUT2D eigenvalue weighted by Gasteiger charge is -2.24. The van der Waals surface area contributed by atoms with Crippen molar-refractivity contribution in [2.24, 2.45) is 5.73 Å². The van der Waals surface area contributed by atoms with Gasteiger partial charge in [-0.05, 0) is 24.9 Å². The number of nitrogens with two attached hydrogens (primary N) is 1. The van der Waals surface area contributed by atoms with Crippen molar-refractivity contribution in [1.82, 2.24) is 16.0 Å². The van der Waals surface area contributed by atoms with Crippen LogP contribution in [-0.2, 0) is 28.8 Å². The minimum atomic E-state index is -1.82. The summed E-state index contributed by atoms with van der Waals surface area (Å²) in [6, 6.07) is -5.88. The summed E-state index contributed by atoms with van der Waals surface area (Å²) in [5, 5.41) is 42.2. The van der Waals surface area contributed by atoms with E-state index in [4.69, 9.17) is 21.1 Å². The quantitative estimate of drug-likeness (QED) is 0.110. The number of carboxylic acids is 3. The number of thioether (sulfide) groups is 1. The summed E-state index contributed by atoms with van der Waals surface area (Å²) in [5.74, 6) is -6.76. The topological polar surface area (TPSA) is 245 Å². The van der Waals surface area contributed by atoms with Crippen LogP contribution < -0.4 is 21.7 Å². The number of carboxylic acid groups (broad SMARTS) is 3. The first-order chi connectivity index (χ1) is 14.9. The largest absolute Gasteiger partial charge is 0.481 e. The zero-order valence-electron chi connectivity index (χ0n) is 17.3. The lowest BCUT2D eigenvalue weighted by atomic mass is 10.1. The van der Waals surface area contributed by atoms with E-state index in [1.54, 1.807) is 6.26 Å². The Morgan fingerprint density at radius 3 is 1.81 bits per heavy atom. The summed E-state index contributed by atoms with van der Waals surface area (Å²) in [5.41, 5.74) is 5.73. The number of nitrogens with one attached hydrogen (secondary N) is 3. The zero-order chi connectivity index (χ0) is 24.8. The number of rotatable bonds is 16. The van der Waals surface area contributed by atoms with Gasteiger partial charge in [0.25, 0.3) is 0 Å². The van der Waals surface area contributed by atoms with Gasteiger partial charge in [-0.3, -0.25) is 24.0 Å². The van der Waals surface area contributed by atoms with Gasteiger partial charge in [0, 0.05) is 6.42 Å². The molecule has 15 heteroatoms. The average Bonchev–Trinajstić information content (AvgIpc) is 2.71. The van der Waals surface area contributed by atoms with Gasteiger partial charge in [0.2, 0.25) is 17.7 Å². The molecule has 32 heavy (non-hydrogen) atoms. The Bertz CT molecular complexity index is 705. The molecule has 0 aliphatic rings. The summed E-state index contributed by atoms with van der Waals surface area (Å²) in [6.07, 6.45) is 0.298. The summed E-state index contributed by atoms with van der Waals surface area (Å²) in [4.78, 5) is 69.6. The number of aliphatic hydroxyl groups excluding tert-OH is 1. The van der Waals surface area contributed by atoms with Crippen LogP contribution in [0.4, 0.5) is 0 Å². The number of hydrogen-bond acceptors (Lipinski definition) is 9. The van der Waals surface area contributed by atoms with Crippen LogP contribution in [0.1, 0.15) is 25.7 Å². The minimum Gasteiger partial charge on any atom is -0.481 e. The van der Waals surface area contributed by atoms with Crippen LogP contribution in [0.25, 0.3) is 0 Å². The molecule has 0 rings (SSSR count). The van der Waals surface area contributed by atoms with Crippen LogP contribution in [0.5, 0.6) is 0 Å². The molecule has 0 heterocycles. The molecule has 0 radical (unpaired) electrons. The monoisotopic (exact) mass is 480 g/mol. The fourth-order valence-electron chi connectivity index (χ4n) is 2.30. The molecule has 182 valence electrons. The van der Waals surface area contributed by atoms with E-state index < -0.39 is 79.2 Å². The first kappa shape index (κ1) is 29.1. The highest BCUT2D eigenvalue weighted by Gasteiger charge is 2.31. The average molecular weight is 480 g/mol. The third-order valence-electron chi connectivity index (χ3n) is 4.06.